The Kier molecular flexibility index (Phi) is 7.60. The molecule has 0 radical (unpaired) electrons. The van der Waals surface area contributed by atoms with Gasteiger partial charge in [-0.2, -0.15) is 0 Å². The lowest BCUT2D eigenvalue weighted by atomic mass is 10.1. The Balaban J connectivity index is 1.68. The highest BCUT2D eigenvalue weighted by Crippen LogP contribution is 2.12. The van der Waals surface area contributed by atoms with Gasteiger partial charge in [-0.05, 0) is 18.1 Å². The zero-order valence-electron chi connectivity index (χ0n) is 15.8. The molecule has 8 nitrogen and oxygen atoms in total. The Morgan fingerprint density at radius 3 is 2.67 bits per heavy atom. The topological polar surface area (TPSA) is 114 Å². The van der Waals surface area contributed by atoms with Gasteiger partial charge in [-0.3, -0.25) is 14.4 Å². The molecule has 148 valence electrons. The minimum absolute atomic E-state index is 0.00724. The Morgan fingerprint density at radius 2 is 2.00 bits per heavy atom. The first-order chi connectivity index (χ1) is 12.9. The fourth-order valence-corrected chi connectivity index (χ4v) is 2.74. The van der Waals surface area contributed by atoms with Crippen LogP contribution in [0.25, 0.3) is 0 Å². The van der Waals surface area contributed by atoms with Gasteiger partial charge in [-0.25, -0.2) is 0 Å². The lowest BCUT2D eigenvalue weighted by molar-refractivity contribution is -0.128. The van der Waals surface area contributed by atoms with Crippen molar-refractivity contribution in [1.82, 2.24) is 15.5 Å². The third-order valence-electron chi connectivity index (χ3n) is 4.40. The molecule has 1 aliphatic rings. The summed E-state index contributed by atoms with van der Waals surface area (Å²) < 4.78 is 5.60. The molecular formula is C19H28N4O4. The molecule has 1 saturated heterocycles. The second-order valence-corrected chi connectivity index (χ2v) is 6.96. The smallest absolute Gasteiger partial charge is 0.239 e. The van der Waals surface area contributed by atoms with Crippen LogP contribution in [0.3, 0.4) is 0 Å². The maximum atomic E-state index is 12.1. The van der Waals surface area contributed by atoms with Gasteiger partial charge in [0.1, 0.15) is 12.4 Å². The predicted octanol–water partition coefficient (Wildman–Crippen LogP) is -0.118. The molecule has 4 N–H and O–H groups in total. The van der Waals surface area contributed by atoms with Crippen molar-refractivity contribution in [3.63, 3.8) is 0 Å². The van der Waals surface area contributed by atoms with Crippen molar-refractivity contribution < 1.29 is 19.1 Å². The van der Waals surface area contributed by atoms with Gasteiger partial charge in [-0.1, -0.05) is 32.0 Å². The molecule has 1 unspecified atom stereocenters. The molecule has 1 aromatic carbocycles. The zero-order chi connectivity index (χ0) is 19.8. The number of hydrogen-bond acceptors (Lipinski definition) is 5. The Labute approximate surface area is 159 Å². The quantitative estimate of drug-likeness (QED) is 0.556. The number of hydrogen-bond donors (Lipinski definition) is 3. The van der Waals surface area contributed by atoms with E-state index in [0.29, 0.717) is 19.7 Å². The number of carbonyl (C=O) groups excluding carboxylic acids is 3. The van der Waals surface area contributed by atoms with Crippen LogP contribution in [-0.4, -0.2) is 60.9 Å². The summed E-state index contributed by atoms with van der Waals surface area (Å²) in [6.45, 7) is 4.80. The van der Waals surface area contributed by atoms with E-state index in [4.69, 9.17) is 10.5 Å². The lowest BCUT2D eigenvalue weighted by Gasteiger charge is -2.18. The average molecular weight is 376 g/mol. The van der Waals surface area contributed by atoms with E-state index in [-0.39, 0.29) is 42.6 Å². The minimum Gasteiger partial charge on any atom is -0.492 e. The Bertz CT molecular complexity index is 650. The number of para-hydroxylation sites is 1. The highest BCUT2D eigenvalue weighted by atomic mass is 16.5. The van der Waals surface area contributed by atoms with Gasteiger partial charge in [0.15, 0.2) is 0 Å². The minimum atomic E-state index is -0.647. The molecule has 0 aromatic heterocycles. The molecule has 1 aliphatic heterocycles. The van der Waals surface area contributed by atoms with E-state index in [9.17, 15) is 14.4 Å². The van der Waals surface area contributed by atoms with Crippen molar-refractivity contribution >= 4 is 17.7 Å². The molecule has 0 saturated carbocycles. The number of nitrogens with two attached hydrogens (primary N) is 1. The maximum absolute atomic E-state index is 12.1. The first-order valence-corrected chi connectivity index (χ1v) is 9.15. The summed E-state index contributed by atoms with van der Waals surface area (Å²) >= 11 is 0. The first kappa shape index (κ1) is 20.7. The van der Waals surface area contributed by atoms with Crippen molar-refractivity contribution in [1.29, 1.82) is 0 Å². The molecule has 8 heteroatoms. The van der Waals surface area contributed by atoms with E-state index in [0.717, 1.165) is 5.75 Å². The zero-order valence-corrected chi connectivity index (χ0v) is 15.8. The molecular weight excluding hydrogens is 348 g/mol. The summed E-state index contributed by atoms with van der Waals surface area (Å²) in [5.41, 5.74) is 5.73. The van der Waals surface area contributed by atoms with Crippen molar-refractivity contribution in [2.45, 2.75) is 32.4 Å². The number of nitrogens with one attached hydrogen (secondary N) is 2. The molecule has 0 aliphatic carbocycles. The summed E-state index contributed by atoms with van der Waals surface area (Å²) in [5, 5.41) is 5.29. The number of likely N-dealkylation sites (tertiary alicyclic amines) is 1. The lowest BCUT2D eigenvalue weighted by Crippen LogP contribution is -2.48. The van der Waals surface area contributed by atoms with Gasteiger partial charge < -0.3 is 26.0 Å². The maximum Gasteiger partial charge on any atom is 0.239 e. The van der Waals surface area contributed by atoms with Gasteiger partial charge in [0, 0.05) is 13.0 Å². The average Bonchev–Trinajstić information content (AvgIpc) is 2.99. The normalized spacial score (nSPS) is 17.7. The van der Waals surface area contributed by atoms with Gasteiger partial charge in [0.2, 0.25) is 17.7 Å². The van der Waals surface area contributed by atoms with E-state index < -0.39 is 6.04 Å². The molecule has 27 heavy (non-hydrogen) atoms. The summed E-state index contributed by atoms with van der Waals surface area (Å²) in [6, 6.07) is 8.47. The summed E-state index contributed by atoms with van der Waals surface area (Å²) in [7, 11) is 0. The molecule has 3 amide bonds. The summed E-state index contributed by atoms with van der Waals surface area (Å²) in [6.07, 6.45) is 0.247. The van der Waals surface area contributed by atoms with E-state index in [1.165, 1.54) is 0 Å². The van der Waals surface area contributed by atoms with Crippen LogP contribution in [0.15, 0.2) is 30.3 Å². The van der Waals surface area contributed by atoms with Crippen LogP contribution in [0.5, 0.6) is 5.75 Å². The number of ether oxygens (including phenoxy) is 1. The standard InChI is InChI=1S/C19H28N4O4/c1-13(2)18(20)19(26)21-11-16(24)22-14-10-17(25)23(12-14)8-9-27-15-6-4-3-5-7-15/h3-7,13-14,18H,8-12,20H2,1-2H3,(H,21,26)(H,22,24)/t14?,18-/m0/s1. The number of nitrogens with zero attached hydrogens (tertiary/aromatic N) is 1. The number of amides is 3. The van der Waals surface area contributed by atoms with Crippen LogP contribution in [0.1, 0.15) is 20.3 Å². The van der Waals surface area contributed by atoms with Gasteiger partial charge in [0.05, 0.1) is 25.2 Å². The molecule has 2 rings (SSSR count). The Morgan fingerprint density at radius 1 is 1.30 bits per heavy atom. The van der Waals surface area contributed by atoms with Gasteiger partial charge in [-0.15, -0.1) is 0 Å². The van der Waals surface area contributed by atoms with Crippen LogP contribution in [0.4, 0.5) is 0 Å². The van der Waals surface area contributed by atoms with E-state index >= 15 is 0 Å². The van der Waals surface area contributed by atoms with Crippen molar-refractivity contribution in [3.05, 3.63) is 30.3 Å². The van der Waals surface area contributed by atoms with E-state index in [1.54, 1.807) is 4.90 Å². The molecule has 0 spiro atoms. The van der Waals surface area contributed by atoms with Crippen molar-refractivity contribution in [2.75, 3.05) is 26.2 Å². The van der Waals surface area contributed by atoms with Crippen molar-refractivity contribution in [3.8, 4) is 5.75 Å². The third kappa shape index (κ3) is 6.56. The second-order valence-electron chi connectivity index (χ2n) is 6.96. The van der Waals surface area contributed by atoms with E-state index in [1.807, 2.05) is 44.2 Å². The number of benzene rings is 1. The van der Waals surface area contributed by atoms with Crippen LogP contribution in [0.2, 0.25) is 0 Å². The van der Waals surface area contributed by atoms with Crippen molar-refractivity contribution in [2.24, 2.45) is 11.7 Å². The monoisotopic (exact) mass is 376 g/mol. The van der Waals surface area contributed by atoms with Crippen LogP contribution >= 0.6 is 0 Å². The fraction of sp³-hybridized carbons (Fsp3) is 0.526. The van der Waals surface area contributed by atoms with Crippen LogP contribution in [0, 0.1) is 5.92 Å². The predicted molar refractivity (Wildman–Crippen MR) is 101 cm³/mol. The molecule has 1 heterocycles. The summed E-state index contributed by atoms with van der Waals surface area (Å²) in [4.78, 5) is 37.5. The fourth-order valence-electron chi connectivity index (χ4n) is 2.74. The van der Waals surface area contributed by atoms with E-state index in [2.05, 4.69) is 10.6 Å². The largest absolute Gasteiger partial charge is 0.492 e. The van der Waals surface area contributed by atoms with Crippen LogP contribution in [-0.2, 0) is 14.4 Å². The van der Waals surface area contributed by atoms with Crippen LogP contribution < -0.4 is 21.1 Å². The highest BCUT2D eigenvalue weighted by Gasteiger charge is 2.30. The highest BCUT2D eigenvalue weighted by molar-refractivity contribution is 5.88. The van der Waals surface area contributed by atoms with Gasteiger partial charge >= 0.3 is 0 Å². The first-order valence-electron chi connectivity index (χ1n) is 9.15. The summed E-state index contributed by atoms with van der Waals surface area (Å²) in [5.74, 6) is 0.0289. The number of carbonyl (C=O) groups is 3. The molecule has 2 atom stereocenters. The number of rotatable bonds is 9. The molecule has 1 aromatic rings. The Hall–Kier alpha value is -2.61. The SMILES string of the molecule is CC(C)[C@H](N)C(=O)NCC(=O)NC1CC(=O)N(CCOc2ccccc2)C1. The van der Waals surface area contributed by atoms with Gasteiger partial charge in [0.25, 0.3) is 0 Å². The molecule has 1 fully saturated rings. The molecule has 0 bridgehead atoms. The second kappa shape index (κ2) is 9.91. The third-order valence-corrected chi connectivity index (χ3v) is 4.40.